The van der Waals surface area contributed by atoms with Crippen molar-refractivity contribution in [1.29, 1.82) is 0 Å². The predicted octanol–water partition coefficient (Wildman–Crippen LogP) is 1.98. The number of carbonyl (C=O) groups excluding carboxylic acids is 1. The highest BCUT2D eigenvalue weighted by Gasteiger charge is 2.14. The molecule has 0 aromatic heterocycles. The standard InChI is InChI=1S/C15H23NO2/c1-10-5-6-14(7-11(10)2)8-15(18)16-13(4)12(3)9-17/h5-7,12-13,17H,8-9H2,1-4H3,(H,16,18). The number of rotatable bonds is 5. The highest BCUT2D eigenvalue weighted by Crippen LogP contribution is 2.10. The summed E-state index contributed by atoms with van der Waals surface area (Å²) in [6.45, 7) is 8.03. The van der Waals surface area contributed by atoms with E-state index in [0.29, 0.717) is 6.42 Å². The molecule has 1 amide bonds. The maximum Gasteiger partial charge on any atom is 0.224 e. The van der Waals surface area contributed by atoms with Gasteiger partial charge in [0.2, 0.25) is 5.91 Å². The van der Waals surface area contributed by atoms with Crippen molar-refractivity contribution in [1.82, 2.24) is 5.32 Å². The highest BCUT2D eigenvalue weighted by atomic mass is 16.3. The Morgan fingerprint density at radius 1 is 1.28 bits per heavy atom. The molecule has 0 aliphatic rings. The molecule has 3 nitrogen and oxygen atoms in total. The fourth-order valence-corrected chi connectivity index (χ4v) is 1.70. The molecule has 1 rings (SSSR count). The Bertz CT molecular complexity index is 415. The Balaban J connectivity index is 2.57. The van der Waals surface area contributed by atoms with Crippen LogP contribution in [-0.2, 0) is 11.2 Å². The highest BCUT2D eigenvalue weighted by molar-refractivity contribution is 5.78. The fourth-order valence-electron chi connectivity index (χ4n) is 1.70. The Labute approximate surface area is 109 Å². The van der Waals surface area contributed by atoms with Crippen LogP contribution in [0.15, 0.2) is 18.2 Å². The number of aryl methyl sites for hydroxylation is 2. The van der Waals surface area contributed by atoms with Crippen molar-refractivity contribution in [3.8, 4) is 0 Å². The molecule has 100 valence electrons. The molecule has 0 spiro atoms. The molecule has 0 aliphatic carbocycles. The molecule has 0 radical (unpaired) electrons. The van der Waals surface area contributed by atoms with E-state index >= 15 is 0 Å². The van der Waals surface area contributed by atoms with Crippen molar-refractivity contribution in [3.05, 3.63) is 34.9 Å². The van der Waals surface area contributed by atoms with Gasteiger partial charge in [-0.25, -0.2) is 0 Å². The van der Waals surface area contributed by atoms with Crippen molar-refractivity contribution in [2.24, 2.45) is 5.92 Å². The molecule has 2 atom stereocenters. The number of benzene rings is 1. The Morgan fingerprint density at radius 3 is 2.50 bits per heavy atom. The summed E-state index contributed by atoms with van der Waals surface area (Å²) in [4.78, 5) is 11.8. The first-order valence-corrected chi connectivity index (χ1v) is 6.40. The second kappa shape index (κ2) is 6.55. The maximum absolute atomic E-state index is 11.8. The minimum atomic E-state index is -0.00551. The van der Waals surface area contributed by atoms with Crippen LogP contribution < -0.4 is 5.32 Å². The van der Waals surface area contributed by atoms with E-state index in [1.807, 2.05) is 32.9 Å². The van der Waals surface area contributed by atoms with E-state index in [-0.39, 0.29) is 24.5 Å². The number of carbonyl (C=O) groups is 1. The number of nitrogens with one attached hydrogen (secondary N) is 1. The van der Waals surface area contributed by atoms with Gasteiger partial charge in [0.15, 0.2) is 0 Å². The smallest absolute Gasteiger partial charge is 0.224 e. The molecule has 1 aromatic rings. The summed E-state index contributed by atoms with van der Waals surface area (Å²) in [5.74, 6) is 0.0831. The van der Waals surface area contributed by atoms with Gasteiger partial charge in [-0.1, -0.05) is 25.1 Å². The van der Waals surface area contributed by atoms with Crippen LogP contribution in [0.25, 0.3) is 0 Å². The van der Waals surface area contributed by atoms with E-state index in [2.05, 4.69) is 18.3 Å². The van der Waals surface area contributed by atoms with Crippen molar-refractivity contribution < 1.29 is 9.90 Å². The lowest BCUT2D eigenvalue weighted by Crippen LogP contribution is -2.39. The lowest BCUT2D eigenvalue weighted by molar-refractivity contribution is -0.121. The maximum atomic E-state index is 11.8. The Morgan fingerprint density at radius 2 is 1.94 bits per heavy atom. The first kappa shape index (κ1) is 14.7. The first-order chi connectivity index (χ1) is 8.43. The van der Waals surface area contributed by atoms with Crippen molar-refractivity contribution in [2.75, 3.05) is 6.61 Å². The molecule has 0 saturated heterocycles. The third-order valence-corrected chi connectivity index (χ3v) is 3.47. The monoisotopic (exact) mass is 249 g/mol. The number of hydrogen-bond acceptors (Lipinski definition) is 2. The second-order valence-electron chi connectivity index (χ2n) is 5.11. The van der Waals surface area contributed by atoms with E-state index in [4.69, 9.17) is 5.11 Å². The molecule has 0 saturated carbocycles. The normalized spacial score (nSPS) is 14.1. The van der Waals surface area contributed by atoms with Gasteiger partial charge in [0, 0.05) is 12.6 Å². The summed E-state index contributed by atoms with van der Waals surface area (Å²) in [7, 11) is 0. The third-order valence-electron chi connectivity index (χ3n) is 3.47. The number of hydrogen-bond donors (Lipinski definition) is 2. The van der Waals surface area contributed by atoms with Gasteiger partial charge in [0.1, 0.15) is 0 Å². The average Bonchev–Trinajstić information content (AvgIpc) is 2.32. The molecule has 0 bridgehead atoms. The van der Waals surface area contributed by atoms with Crippen LogP contribution in [0.2, 0.25) is 0 Å². The fraction of sp³-hybridized carbons (Fsp3) is 0.533. The van der Waals surface area contributed by atoms with Crippen molar-refractivity contribution >= 4 is 5.91 Å². The number of aliphatic hydroxyl groups is 1. The van der Waals surface area contributed by atoms with Gasteiger partial charge in [-0.3, -0.25) is 4.79 Å². The van der Waals surface area contributed by atoms with Gasteiger partial charge in [0.05, 0.1) is 6.42 Å². The molecule has 0 aliphatic heterocycles. The van der Waals surface area contributed by atoms with Gasteiger partial charge in [0.25, 0.3) is 0 Å². The predicted molar refractivity (Wildman–Crippen MR) is 73.5 cm³/mol. The molecule has 18 heavy (non-hydrogen) atoms. The molecule has 0 heterocycles. The number of aliphatic hydroxyl groups excluding tert-OH is 1. The topological polar surface area (TPSA) is 49.3 Å². The summed E-state index contributed by atoms with van der Waals surface area (Å²) in [5, 5.41) is 11.9. The van der Waals surface area contributed by atoms with Crippen LogP contribution in [0.5, 0.6) is 0 Å². The first-order valence-electron chi connectivity index (χ1n) is 6.40. The van der Waals surface area contributed by atoms with Gasteiger partial charge in [-0.05, 0) is 43.4 Å². The Kier molecular flexibility index (Phi) is 5.35. The lowest BCUT2D eigenvalue weighted by Gasteiger charge is -2.19. The summed E-state index contributed by atoms with van der Waals surface area (Å²) >= 11 is 0. The Hall–Kier alpha value is -1.35. The summed E-state index contributed by atoms with van der Waals surface area (Å²) < 4.78 is 0. The summed E-state index contributed by atoms with van der Waals surface area (Å²) in [6.07, 6.45) is 0.392. The number of amides is 1. The summed E-state index contributed by atoms with van der Waals surface area (Å²) in [5.41, 5.74) is 3.47. The lowest BCUT2D eigenvalue weighted by atomic mass is 10.0. The van der Waals surface area contributed by atoms with Gasteiger partial charge in [-0.15, -0.1) is 0 Å². The van der Waals surface area contributed by atoms with Crippen LogP contribution in [0.3, 0.4) is 0 Å². The van der Waals surface area contributed by atoms with Crippen LogP contribution >= 0.6 is 0 Å². The van der Waals surface area contributed by atoms with Crippen molar-refractivity contribution in [3.63, 3.8) is 0 Å². The van der Waals surface area contributed by atoms with E-state index in [1.165, 1.54) is 11.1 Å². The van der Waals surface area contributed by atoms with Crippen LogP contribution in [0.1, 0.15) is 30.5 Å². The molecular weight excluding hydrogens is 226 g/mol. The molecular formula is C15H23NO2. The molecule has 3 heteroatoms. The third kappa shape index (κ3) is 4.15. The van der Waals surface area contributed by atoms with E-state index in [9.17, 15) is 4.79 Å². The molecule has 0 fully saturated rings. The minimum absolute atomic E-state index is 0.00551. The molecule has 1 aromatic carbocycles. The zero-order chi connectivity index (χ0) is 13.7. The molecule has 2 unspecified atom stereocenters. The van der Waals surface area contributed by atoms with E-state index in [1.54, 1.807) is 0 Å². The van der Waals surface area contributed by atoms with E-state index in [0.717, 1.165) is 5.56 Å². The van der Waals surface area contributed by atoms with Gasteiger partial charge >= 0.3 is 0 Å². The average molecular weight is 249 g/mol. The van der Waals surface area contributed by atoms with Crippen LogP contribution in [0, 0.1) is 19.8 Å². The van der Waals surface area contributed by atoms with Gasteiger partial charge in [-0.2, -0.15) is 0 Å². The quantitative estimate of drug-likeness (QED) is 0.838. The zero-order valence-electron chi connectivity index (χ0n) is 11.7. The van der Waals surface area contributed by atoms with E-state index < -0.39 is 0 Å². The second-order valence-corrected chi connectivity index (χ2v) is 5.11. The molecule has 2 N–H and O–H groups in total. The van der Waals surface area contributed by atoms with Gasteiger partial charge < -0.3 is 10.4 Å². The van der Waals surface area contributed by atoms with Crippen LogP contribution in [0.4, 0.5) is 0 Å². The largest absolute Gasteiger partial charge is 0.396 e. The summed E-state index contributed by atoms with van der Waals surface area (Å²) in [6, 6.07) is 6.07. The SMILES string of the molecule is Cc1ccc(CC(=O)NC(C)C(C)CO)cc1C. The van der Waals surface area contributed by atoms with Crippen molar-refractivity contribution in [2.45, 2.75) is 40.2 Å². The minimum Gasteiger partial charge on any atom is -0.396 e. The van der Waals surface area contributed by atoms with Crippen LogP contribution in [-0.4, -0.2) is 23.7 Å². The zero-order valence-corrected chi connectivity index (χ0v) is 11.7.